The molecule has 0 aliphatic rings. The first kappa shape index (κ1) is 29.8. The fourth-order valence-electron chi connectivity index (χ4n) is 5.25. The molecule has 1 amide bonds. The highest BCUT2D eigenvalue weighted by Crippen LogP contribution is 2.34. The number of benzene rings is 3. The third-order valence-corrected chi connectivity index (χ3v) is 8.06. The monoisotopic (exact) mass is 650 g/mol. The van der Waals surface area contributed by atoms with Crippen LogP contribution in [0.15, 0.2) is 91.4 Å². The number of imidazole rings is 1. The molecule has 7 aromatic rings. The van der Waals surface area contributed by atoms with E-state index in [0.29, 0.717) is 67.1 Å². The summed E-state index contributed by atoms with van der Waals surface area (Å²) in [6, 6.07) is 19.2. The van der Waals surface area contributed by atoms with Crippen LogP contribution in [-0.4, -0.2) is 50.7 Å². The second-order valence-electron chi connectivity index (χ2n) is 10.8. The fourth-order valence-corrected chi connectivity index (χ4v) is 5.68. The summed E-state index contributed by atoms with van der Waals surface area (Å²) in [5.74, 6) is -1.05. The van der Waals surface area contributed by atoms with E-state index in [0.717, 1.165) is 6.26 Å². The van der Waals surface area contributed by atoms with E-state index in [9.17, 15) is 17.6 Å². The minimum atomic E-state index is -3.49. The van der Waals surface area contributed by atoms with Crippen molar-refractivity contribution in [2.45, 2.75) is 6.54 Å². The second kappa shape index (κ2) is 11.8. The van der Waals surface area contributed by atoms with E-state index in [1.165, 1.54) is 30.6 Å². The lowest BCUT2D eigenvalue weighted by atomic mass is 10.0. The van der Waals surface area contributed by atoms with Gasteiger partial charge in [-0.2, -0.15) is 5.10 Å². The number of fused-ring (bicyclic) bond motifs is 2. The number of rotatable bonds is 8. The number of halogens is 2. The zero-order valence-corrected chi connectivity index (χ0v) is 25.4. The Morgan fingerprint density at radius 3 is 2.55 bits per heavy atom. The van der Waals surface area contributed by atoms with Crippen molar-refractivity contribution in [2.75, 3.05) is 11.6 Å². The maximum Gasteiger partial charge on any atom is 0.255 e. The molecule has 0 unspecified atom stereocenters. The fraction of sp³-hybridized carbons (Fsp3) is 0.0606. The molecule has 0 aliphatic heterocycles. The first-order valence-corrected chi connectivity index (χ1v) is 16.1. The Hall–Kier alpha value is -5.86. The van der Waals surface area contributed by atoms with Crippen molar-refractivity contribution in [3.05, 3.63) is 114 Å². The third-order valence-electron chi connectivity index (χ3n) is 7.39. The molecule has 4 aromatic heterocycles. The SMILES string of the molecule is CS(=O)(=O)NCc1cc(F)cc(-c2nccc3[nH]c(-c4n[nH]c5cc(F)c(-c6cncc(NC(=O)c7ccccc7)c6)cc45)nc23)c1. The van der Waals surface area contributed by atoms with Gasteiger partial charge in [0.25, 0.3) is 5.91 Å². The Bertz CT molecular complexity index is 2430. The zero-order valence-electron chi connectivity index (χ0n) is 24.5. The molecule has 0 saturated heterocycles. The Labute approximate surface area is 266 Å². The van der Waals surface area contributed by atoms with Gasteiger partial charge < -0.3 is 10.3 Å². The molecule has 234 valence electrons. The average molecular weight is 651 g/mol. The molecule has 3 aromatic carbocycles. The van der Waals surface area contributed by atoms with Crippen LogP contribution in [0.25, 0.3) is 55.8 Å². The molecule has 0 atom stereocenters. The summed E-state index contributed by atoms with van der Waals surface area (Å²) in [4.78, 5) is 29.3. The number of sulfonamides is 1. The molecule has 4 heterocycles. The summed E-state index contributed by atoms with van der Waals surface area (Å²) in [6.45, 7) is -0.0959. The molecule has 0 bridgehead atoms. The first-order valence-electron chi connectivity index (χ1n) is 14.2. The molecule has 0 saturated carbocycles. The van der Waals surface area contributed by atoms with E-state index in [1.54, 1.807) is 54.7 Å². The van der Waals surface area contributed by atoms with E-state index >= 15 is 4.39 Å². The van der Waals surface area contributed by atoms with E-state index in [2.05, 4.69) is 35.2 Å². The normalized spacial score (nSPS) is 11.7. The molecule has 0 radical (unpaired) electrons. The van der Waals surface area contributed by atoms with Crippen LogP contribution in [0.4, 0.5) is 14.5 Å². The van der Waals surface area contributed by atoms with Crippen LogP contribution in [0.1, 0.15) is 15.9 Å². The highest BCUT2D eigenvalue weighted by molar-refractivity contribution is 7.88. The minimum Gasteiger partial charge on any atom is -0.336 e. The molecule has 14 heteroatoms. The second-order valence-corrected chi connectivity index (χ2v) is 12.6. The topological polar surface area (TPSA) is 158 Å². The van der Waals surface area contributed by atoms with Gasteiger partial charge in [-0.1, -0.05) is 18.2 Å². The number of nitrogens with one attached hydrogen (secondary N) is 4. The van der Waals surface area contributed by atoms with Crippen LogP contribution < -0.4 is 10.0 Å². The molecule has 0 aliphatic carbocycles. The maximum atomic E-state index is 15.4. The predicted octanol–water partition coefficient (Wildman–Crippen LogP) is 5.81. The van der Waals surface area contributed by atoms with E-state index in [-0.39, 0.29) is 18.0 Å². The summed E-state index contributed by atoms with van der Waals surface area (Å²) in [6.07, 6.45) is 5.55. The van der Waals surface area contributed by atoms with E-state index in [1.807, 2.05) is 6.07 Å². The molecule has 7 rings (SSSR count). The molecule has 4 N–H and O–H groups in total. The Morgan fingerprint density at radius 1 is 0.915 bits per heavy atom. The van der Waals surface area contributed by atoms with Gasteiger partial charge in [0.2, 0.25) is 10.0 Å². The van der Waals surface area contributed by atoms with Crippen LogP contribution in [-0.2, 0) is 16.6 Å². The predicted molar refractivity (Wildman–Crippen MR) is 174 cm³/mol. The van der Waals surface area contributed by atoms with Crippen LogP contribution >= 0.6 is 0 Å². The van der Waals surface area contributed by atoms with Gasteiger partial charge in [-0.3, -0.25) is 19.9 Å². The Morgan fingerprint density at radius 2 is 1.74 bits per heavy atom. The summed E-state index contributed by atoms with van der Waals surface area (Å²) in [5.41, 5.74) is 4.58. The van der Waals surface area contributed by atoms with Crippen molar-refractivity contribution in [2.24, 2.45) is 0 Å². The number of hydrogen-bond acceptors (Lipinski definition) is 7. The Kier molecular flexibility index (Phi) is 7.50. The van der Waals surface area contributed by atoms with Gasteiger partial charge >= 0.3 is 0 Å². The van der Waals surface area contributed by atoms with Crippen molar-refractivity contribution in [3.63, 3.8) is 0 Å². The minimum absolute atomic E-state index is 0.0959. The molecular weight excluding hydrogens is 626 g/mol. The largest absolute Gasteiger partial charge is 0.336 e. The zero-order chi connectivity index (χ0) is 32.7. The number of pyridine rings is 2. The van der Waals surface area contributed by atoms with Crippen LogP contribution in [0.2, 0.25) is 0 Å². The lowest BCUT2D eigenvalue weighted by Crippen LogP contribution is -2.21. The van der Waals surface area contributed by atoms with Crippen molar-refractivity contribution < 1.29 is 22.0 Å². The molecule has 0 spiro atoms. The first-order chi connectivity index (χ1) is 22.6. The molecule has 11 nitrogen and oxygen atoms in total. The van der Waals surface area contributed by atoms with Crippen LogP contribution in [0.3, 0.4) is 0 Å². The van der Waals surface area contributed by atoms with Gasteiger partial charge in [0, 0.05) is 52.6 Å². The van der Waals surface area contributed by atoms with Crippen molar-refractivity contribution in [1.29, 1.82) is 0 Å². The molecular formula is C33H24F2N8O3S. The number of aromatic amines is 2. The number of aromatic nitrogens is 6. The van der Waals surface area contributed by atoms with Gasteiger partial charge in [0.1, 0.15) is 22.8 Å². The Balaban J connectivity index is 1.25. The van der Waals surface area contributed by atoms with Crippen LogP contribution in [0.5, 0.6) is 0 Å². The summed E-state index contributed by atoms with van der Waals surface area (Å²) in [5, 5.41) is 10.6. The lowest BCUT2D eigenvalue weighted by Gasteiger charge is -2.08. The highest BCUT2D eigenvalue weighted by Gasteiger charge is 2.19. The average Bonchev–Trinajstić information content (AvgIpc) is 3.67. The number of anilines is 1. The smallest absolute Gasteiger partial charge is 0.255 e. The number of nitrogens with zero attached hydrogens (tertiary/aromatic N) is 4. The van der Waals surface area contributed by atoms with Crippen molar-refractivity contribution in [1.82, 2.24) is 34.9 Å². The number of carbonyl (C=O) groups excluding carboxylic acids is 1. The molecule has 47 heavy (non-hydrogen) atoms. The standard InChI is InChI=1S/C33H24F2N8O3S/c1-47(45,46)38-15-18-9-20(11-22(34)10-18)29-31-27(7-8-37-29)40-32(41-31)30-25-13-24(26(35)14-28(25)42-43-30)21-12-23(17-36-16-21)39-33(44)19-5-3-2-4-6-19/h2-14,16-17,38H,15H2,1H3,(H,39,44)(H,40,41)(H,42,43). The van der Waals surface area contributed by atoms with Gasteiger partial charge in [-0.25, -0.2) is 26.9 Å². The maximum absolute atomic E-state index is 15.4. The number of hydrogen-bond donors (Lipinski definition) is 4. The number of amides is 1. The summed E-state index contributed by atoms with van der Waals surface area (Å²) < 4.78 is 55.5. The number of carbonyl (C=O) groups is 1. The summed E-state index contributed by atoms with van der Waals surface area (Å²) in [7, 11) is -3.49. The number of H-pyrrole nitrogens is 2. The summed E-state index contributed by atoms with van der Waals surface area (Å²) >= 11 is 0. The van der Waals surface area contributed by atoms with Gasteiger partial charge in [0.05, 0.1) is 34.9 Å². The van der Waals surface area contributed by atoms with Crippen LogP contribution in [0, 0.1) is 11.6 Å². The lowest BCUT2D eigenvalue weighted by molar-refractivity contribution is 0.102. The van der Waals surface area contributed by atoms with Gasteiger partial charge in [-0.05, 0) is 54.1 Å². The van der Waals surface area contributed by atoms with Gasteiger partial charge in [0.15, 0.2) is 5.82 Å². The quantitative estimate of drug-likeness (QED) is 0.162. The van der Waals surface area contributed by atoms with Crippen molar-refractivity contribution >= 4 is 43.6 Å². The van der Waals surface area contributed by atoms with E-state index in [4.69, 9.17) is 4.98 Å². The van der Waals surface area contributed by atoms with E-state index < -0.39 is 21.7 Å². The van der Waals surface area contributed by atoms with Gasteiger partial charge in [-0.15, -0.1) is 0 Å². The third kappa shape index (κ3) is 6.19. The highest BCUT2D eigenvalue weighted by atomic mass is 32.2. The van der Waals surface area contributed by atoms with Crippen molar-refractivity contribution in [3.8, 4) is 33.9 Å². The molecule has 0 fully saturated rings.